The van der Waals surface area contributed by atoms with Crippen LogP contribution in [0, 0.1) is 0 Å². The average Bonchev–Trinajstić information content (AvgIpc) is 2.88. The first-order chi connectivity index (χ1) is 11.9. The Morgan fingerprint density at radius 1 is 1.20 bits per heavy atom. The summed E-state index contributed by atoms with van der Waals surface area (Å²) in [6.45, 7) is 1.73. The van der Waals surface area contributed by atoms with E-state index in [1.165, 1.54) is 0 Å². The Kier molecular flexibility index (Phi) is 10.0. The van der Waals surface area contributed by atoms with Gasteiger partial charge in [0.05, 0.1) is 12.2 Å². The molecular formula is C20H29O5-. The zero-order valence-electron chi connectivity index (χ0n) is 14.9. The number of carbonyl (C=O) groups is 2. The molecule has 5 nitrogen and oxygen atoms in total. The van der Waals surface area contributed by atoms with E-state index in [9.17, 15) is 24.9 Å². The lowest BCUT2D eigenvalue weighted by Gasteiger charge is -2.07. The second-order valence-corrected chi connectivity index (χ2v) is 6.57. The summed E-state index contributed by atoms with van der Waals surface area (Å²) in [7, 11) is 0. The molecule has 0 aromatic carbocycles. The molecule has 0 spiro atoms. The summed E-state index contributed by atoms with van der Waals surface area (Å²) in [5.41, 5.74) is 1.75. The first-order valence-electron chi connectivity index (χ1n) is 9.04. The van der Waals surface area contributed by atoms with Crippen molar-refractivity contribution < 1.29 is 24.9 Å². The van der Waals surface area contributed by atoms with E-state index in [0.717, 1.165) is 17.6 Å². The lowest BCUT2D eigenvalue weighted by molar-refractivity contribution is -0.305. The van der Waals surface area contributed by atoms with Gasteiger partial charge in [0.1, 0.15) is 0 Å². The smallest absolute Gasteiger partial charge is 0.159 e. The number of aliphatic hydroxyl groups is 2. The van der Waals surface area contributed by atoms with Crippen LogP contribution in [0.5, 0.6) is 0 Å². The normalized spacial score (nSPS) is 17.8. The second kappa shape index (κ2) is 11.8. The molecule has 25 heavy (non-hydrogen) atoms. The predicted octanol–water partition coefficient (Wildman–Crippen LogP) is 1.98. The highest BCUT2D eigenvalue weighted by Gasteiger charge is 2.20. The van der Waals surface area contributed by atoms with E-state index in [4.69, 9.17) is 0 Å². The third-order valence-electron chi connectivity index (χ3n) is 4.23. The summed E-state index contributed by atoms with van der Waals surface area (Å²) in [5, 5.41) is 29.5. The van der Waals surface area contributed by atoms with Gasteiger partial charge in [0, 0.05) is 18.0 Å². The van der Waals surface area contributed by atoms with Gasteiger partial charge in [-0.15, -0.1) is 0 Å². The van der Waals surface area contributed by atoms with Gasteiger partial charge in [-0.2, -0.15) is 0 Å². The summed E-state index contributed by atoms with van der Waals surface area (Å²) in [4.78, 5) is 22.3. The van der Waals surface area contributed by atoms with Crippen LogP contribution in [0.1, 0.15) is 64.7 Å². The SMILES string of the molecule is C[C@@H](O)CCC[C@@H](O)/C=C/C1=C(C/C=C\CCCC(=O)[O-])C(=O)CC1. The Morgan fingerprint density at radius 3 is 2.64 bits per heavy atom. The number of aliphatic carboxylic acids is 1. The Labute approximate surface area is 149 Å². The number of ketones is 1. The number of Topliss-reactive ketones (excluding diaryl/α,β-unsaturated/α-hetero) is 1. The maximum atomic E-state index is 12.0. The van der Waals surface area contributed by atoms with Crippen molar-refractivity contribution in [2.75, 3.05) is 0 Å². The number of carboxylic acid groups (broad SMARTS) is 1. The number of hydrogen-bond acceptors (Lipinski definition) is 5. The number of hydrogen-bond donors (Lipinski definition) is 2. The third-order valence-corrected chi connectivity index (χ3v) is 4.23. The summed E-state index contributed by atoms with van der Waals surface area (Å²) in [6.07, 6.45) is 11.5. The molecule has 0 unspecified atom stereocenters. The number of allylic oxidation sites excluding steroid dienone is 5. The molecule has 0 aliphatic heterocycles. The van der Waals surface area contributed by atoms with Crippen LogP contribution in [0.25, 0.3) is 0 Å². The molecule has 2 atom stereocenters. The van der Waals surface area contributed by atoms with Crippen molar-refractivity contribution in [3.05, 3.63) is 35.5 Å². The number of aliphatic hydroxyl groups excluding tert-OH is 2. The Balaban J connectivity index is 2.48. The summed E-state index contributed by atoms with van der Waals surface area (Å²) < 4.78 is 0. The summed E-state index contributed by atoms with van der Waals surface area (Å²) in [6, 6.07) is 0. The molecule has 140 valence electrons. The van der Waals surface area contributed by atoms with Gasteiger partial charge in [0.15, 0.2) is 5.78 Å². The fraction of sp³-hybridized carbons (Fsp3) is 0.600. The van der Waals surface area contributed by atoms with Gasteiger partial charge >= 0.3 is 0 Å². The van der Waals surface area contributed by atoms with E-state index in [1.807, 2.05) is 18.2 Å². The summed E-state index contributed by atoms with van der Waals surface area (Å²) >= 11 is 0. The van der Waals surface area contributed by atoms with Crippen LogP contribution < -0.4 is 5.11 Å². The molecule has 5 heteroatoms. The number of rotatable bonds is 12. The maximum Gasteiger partial charge on any atom is 0.159 e. The Hall–Kier alpha value is -1.72. The van der Waals surface area contributed by atoms with Gasteiger partial charge in [-0.3, -0.25) is 4.79 Å². The first-order valence-corrected chi connectivity index (χ1v) is 9.04. The minimum atomic E-state index is -1.04. The fourth-order valence-corrected chi connectivity index (χ4v) is 2.79. The molecule has 1 aliphatic rings. The first kappa shape index (κ1) is 21.3. The lowest BCUT2D eigenvalue weighted by atomic mass is 10.0. The van der Waals surface area contributed by atoms with Crippen LogP contribution in [-0.4, -0.2) is 34.2 Å². The minimum absolute atomic E-state index is 0.0485. The van der Waals surface area contributed by atoms with Crippen molar-refractivity contribution >= 4 is 11.8 Å². The molecule has 1 rings (SSSR count). The van der Waals surface area contributed by atoms with E-state index in [0.29, 0.717) is 44.9 Å². The average molecular weight is 349 g/mol. The van der Waals surface area contributed by atoms with Gasteiger partial charge in [-0.1, -0.05) is 24.3 Å². The van der Waals surface area contributed by atoms with Crippen molar-refractivity contribution in [1.82, 2.24) is 0 Å². The molecule has 1 aliphatic carbocycles. The van der Waals surface area contributed by atoms with E-state index in [1.54, 1.807) is 13.0 Å². The van der Waals surface area contributed by atoms with Crippen LogP contribution in [0.2, 0.25) is 0 Å². The topological polar surface area (TPSA) is 97.7 Å². The minimum Gasteiger partial charge on any atom is -0.550 e. The molecule has 2 N–H and O–H groups in total. The zero-order valence-corrected chi connectivity index (χ0v) is 14.9. The van der Waals surface area contributed by atoms with Gasteiger partial charge in [0.2, 0.25) is 0 Å². The van der Waals surface area contributed by atoms with Crippen molar-refractivity contribution in [1.29, 1.82) is 0 Å². The van der Waals surface area contributed by atoms with E-state index in [2.05, 4.69) is 0 Å². The molecule has 0 saturated heterocycles. The lowest BCUT2D eigenvalue weighted by Crippen LogP contribution is -2.21. The molecule has 0 aromatic heterocycles. The molecule has 0 radical (unpaired) electrons. The van der Waals surface area contributed by atoms with Gasteiger partial charge < -0.3 is 20.1 Å². The molecule has 0 heterocycles. The van der Waals surface area contributed by atoms with Gasteiger partial charge in [-0.25, -0.2) is 0 Å². The Bertz CT molecular complexity index is 528. The highest BCUT2D eigenvalue weighted by molar-refractivity contribution is 5.99. The predicted molar refractivity (Wildman–Crippen MR) is 94.6 cm³/mol. The highest BCUT2D eigenvalue weighted by atomic mass is 16.4. The maximum absolute atomic E-state index is 12.0. The molecule has 0 amide bonds. The highest BCUT2D eigenvalue weighted by Crippen LogP contribution is 2.27. The zero-order chi connectivity index (χ0) is 18.7. The fourth-order valence-electron chi connectivity index (χ4n) is 2.79. The van der Waals surface area contributed by atoms with Crippen LogP contribution in [-0.2, 0) is 9.59 Å². The van der Waals surface area contributed by atoms with E-state index < -0.39 is 12.1 Å². The van der Waals surface area contributed by atoms with Crippen molar-refractivity contribution in [3.8, 4) is 0 Å². The summed E-state index contributed by atoms with van der Waals surface area (Å²) in [5.74, 6) is -0.899. The van der Waals surface area contributed by atoms with Crippen LogP contribution >= 0.6 is 0 Å². The quantitative estimate of drug-likeness (QED) is 0.415. The largest absolute Gasteiger partial charge is 0.550 e. The van der Waals surface area contributed by atoms with E-state index >= 15 is 0 Å². The van der Waals surface area contributed by atoms with Crippen LogP contribution in [0.3, 0.4) is 0 Å². The van der Waals surface area contributed by atoms with Gasteiger partial charge in [0.25, 0.3) is 0 Å². The third kappa shape index (κ3) is 9.37. The standard InChI is InChI=1S/C20H30O5/c1-15(21)7-6-8-17(22)13-11-16-12-14-19(23)18(16)9-4-2-3-5-10-20(24)25/h2,4,11,13,15,17,21-22H,3,5-10,12,14H2,1H3,(H,24,25)/p-1/b4-2-,13-11+/t15-,17-/m1/s1. The molecule has 0 fully saturated rings. The molecule has 0 bridgehead atoms. The van der Waals surface area contributed by atoms with Crippen LogP contribution in [0.4, 0.5) is 0 Å². The number of unbranched alkanes of at least 4 members (excludes halogenated alkanes) is 1. The van der Waals surface area contributed by atoms with Gasteiger partial charge in [-0.05, 0) is 63.9 Å². The molecule has 0 saturated carbocycles. The Morgan fingerprint density at radius 2 is 1.96 bits per heavy atom. The number of carboxylic acids is 1. The monoisotopic (exact) mass is 349 g/mol. The molecule has 0 aromatic rings. The van der Waals surface area contributed by atoms with Crippen molar-refractivity contribution in [3.63, 3.8) is 0 Å². The second-order valence-electron chi connectivity index (χ2n) is 6.57. The van der Waals surface area contributed by atoms with Crippen LogP contribution in [0.15, 0.2) is 35.5 Å². The molecular weight excluding hydrogens is 320 g/mol. The number of carbonyl (C=O) groups excluding carboxylic acids is 2. The van der Waals surface area contributed by atoms with Crippen molar-refractivity contribution in [2.45, 2.75) is 76.9 Å². The van der Waals surface area contributed by atoms with Crippen molar-refractivity contribution in [2.24, 2.45) is 0 Å². The van der Waals surface area contributed by atoms with E-state index in [-0.39, 0.29) is 18.3 Å².